The third-order valence-electron chi connectivity index (χ3n) is 3.63. The maximum Gasteiger partial charge on any atom is 0.518 e. The average Bonchev–Trinajstić information content (AvgIpc) is 2.36. The molecule has 1 saturated carbocycles. The monoisotopic (exact) mass is 308 g/mol. The Morgan fingerprint density at radius 3 is 2.35 bits per heavy atom. The Morgan fingerprint density at radius 2 is 1.75 bits per heavy atom. The molecule has 0 aromatic heterocycles. The van der Waals surface area contributed by atoms with E-state index in [0.29, 0.717) is 19.3 Å². The summed E-state index contributed by atoms with van der Waals surface area (Å²) in [5.74, 6) is -1.62. The SMILES string of the molecule is O=S(=O)(/N=C(\[O-])C1CCC2C=CC=CC2C1)C(F)(F)F. The van der Waals surface area contributed by atoms with Crippen molar-refractivity contribution in [2.24, 2.45) is 22.2 Å². The molecule has 0 aromatic rings. The van der Waals surface area contributed by atoms with Crippen LogP contribution < -0.4 is 5.11 Å². The van der Waals surface area contributed by atoms with Gasteiger partial charge in [0.05, 0.1) is 0 Å². The lowest BCUT2D eigenvalue weighted by Crippen LogP contribution is -2.36. The number of allylic oxidation sites excluding steroid dienone is 4. The van der Waals surface area contributed by atoms with E-state index >= 15 is 0 Å². The Kier molecular flexibility index (Phi) is 3.95. The molecule has 8 heteroatoms. The van der Waals surface area contributed by atoms with Crippen LogP contribution >= 0.6 is 0 Å². The van der Waals surface area contributed by atoms with Gasteiger partial charge in [-0.15, -0.1) is 0 Å². The van der Waals surface area contributed by atoms with Crippen LogP contribution in [0, 0.1) is 17.8 Å². The van der Waals surface area contributed by atoms with Crippen LogP contribution in [0.2, 0.25) is 0 Å². The summed E-state index contributed by atoms with van der Waals surface area (Å²) in [5, 5.41) is 11.6. The van der Waals surface area contributed by atoms with Gasteiger partial charge in [0.25, 0.3) is 0 Å². The molecular weight excluding hydrogens is 295 g/mol. The molecule has 112 valence electrons. The predicted octanol–water partition coefficient (Wildman–Crippen LogP) is 1.75. The van der Waals surface area contributed by atoms with Crippen LogP contribution in [-0.2, 0) is 10.0 Å². The van der Waals surface area contributed by atoms with Crippen molar-refractivity contribution in [3.05, 3.63) is 24.3 Å². The number of rotatable bonds is 2. The molecule has 4 nitrogen and oxygen atoms in total. The molecule has 0 aliphatic heterocycles. The van der Waals surface area contributed by atoms with Crippen molar-refractivity contribution in [1.29, 1.82) is 0 Å². The van der Waals surface area contributed by atoms with Crippen LogP contribution in [-0.4, -0.2) is 19.8 Å². The molecule has 0 heterocycles. The van der Waals surface area contributed by atoms with Gasteiger partial charge in [0.1, 0.15) is 0 Å². The van der Waals surface area contributed by atoms with E-state index in [1.165, 1.54) is 0 Å². The van der Waals surface area contributed by atoms with Crippen LogP contribution in [0.25, 0.3) is 0 Å². The van der Waals surface area contributed by atoms with Crippen molar-refractivity contribution in [3.8, 4) is 0 Å². The quantitative estimate of drug-likeness (QED) is 0.576. The standard InChI is InChI=1S/C12H14F3NO3S/c13-12(14,15)20(18,19)16-11(17)10-6-5-8-3-1-2-4-9(8)7-10/h1-4,8-10H,5-7H2,(H,16,17)/p-1. The van der Waals surface area contributed by atoms with E-state index in [-0.39, 0.29) is 11.8 Å². The Bertz CT molecular complexity index is 563. The summed E-state index contributed by atoms with van der Waals surface area (Å²) in [7, 11) is -5.73. The minimum absolute atomic E-state index is 0.0616. The molecular formula is C12H13F3NO3S-. The molecule has 20 heavy (non-hydrogen) atoms. The van der Waals surface area contributed by atoms with Crippen LogP contribution in [0.1, 0.15) is 19.3 Å². The highest BCUT2D eigenvalue weighted by Gasteiger charge is 2.46. The predicted molar refractivity (Wildman–Crippen MR) is 65.0 cm³/mol. The first-order chi connectivity index (χ1) is 9.21. The maximum absolute atomic E-state index is 12.2. The minimum Gasteiger partial charge on any atom is -0.861 e. The molecule has 2 aliphatic carbocycles. The fourth-order valence-electron chi connectivity index (χ4n) is 2.57. The fraction of sp³-hybridized carbons (Fsp3) is 0.583. The number of fused-ring (bicyclic) bond motifs is 1. The maximum atomic E-state index is 12.2. The Hall–Kier alpha value is -1.31. The second kappa shape index (κ2) is 5.23. The van der Waals surface area contributed by atoms with Crippen LogP contribution in [0.15, 0.2) is 28.7 Å². The summed E-state index contributed by atoms with van der Waals surface area (Å²) in [6.07, 6.45) is 8.93. The van der Waals surface area contributed by atoms with Gasteiger partial charge in [-0.2, -0.15) is 26.0 Å². The van der Waals surface area contributed by atoms with Crippen molar-refractivity contribution < 1.29 is 26.7 Å². The highest BCUT2D eigenvalue weighted by atomic mass is 32.2. The lowest BCUT2D eigenvalue weighted by molar-refractivity contribution is -0.225. The highest BCUT2D eigenvalue weighted by Crippen LogP contribution is 2.37. The normalized spacial score (nSPS) is 31.1. The highest BCUT2D eigenvalue weighted by molar-refractivity contribution is 7.91. The third kappa shape index (κ3) is 3.05. The van der Waals surface area contributed by atoms with Gasteiger partial charge in [-0.25, -0.2) is 0 Å². The van der Waals surface area contributed by atoms with Gasteiger partial charge in [-0.1, -0.05) is 24.3 Å². The van der Waals surface area contributed by atoms with E-state index in [9.17, 15) is 26.7 Å². The zero-order chi connectivity index (χ0) is 15.0. The zero-order valence-electron chi connectivity index (χ0n) is 10.4. The van der Waals surface area contributed by atoms with Crippen molar-refractivity contribution in [2.75, 3.05) is 0 Å². The van der Waals surface area contributed by atoms with Gasteiger partial charge >= 0.3 is 15.5 Å². The van der Waals surface area contributed by atoms with E-state index in [1.807, 2.05) is 24.3 Å². The summed E-state index contributed by atoms with van der Waals surface area (Å²) < 4.78 is 60.6. The molecule has 1 fully saturated rings. The van der Waals surface area contributed by atoms with Crippen molar-refractivity contribution in [2.45, 2.75) is 24.8 Å². The fourth-order valence-corrected chi connectivity index (χ4v) is 3.06. The molecule has 3 atom stereocenters. The van der Waals surface area contributed by atoms with E-state index in [0.717, 1.165) is 0 Å². The smallest absolute Gasteiger partial charge is 0.518 e. The van der Waals surface area contributed by atoms with Crippen molar-refractivity contribution in [1.82, 2.24) is 0 Å². The summed E-state index contributed by atoms with van der Waals surface area (Å²) in [6.45, 7) is 0. The molecule has 0 amide bonds. The van der Waals surface area contributed by atoms with Crippen LogP contribution in [0.3, 0.4) is 0 Å². The van der Waals surface area contributed by atoms with E-state index in [2.05, 4.69) is 4.40 Å². The number of halogens is 3. The minimum atomic E-state index is -5.73. The molecule has 0 saturated heterocycles. The van der Waals surface area contributed by atoms with Gasteiger partial charge in [-0.05, 0) is 42.9 Å². The summed E-state index contributed by atoms with van der Waals surface area (Å²) >= 11 is 0. The Morgan fingerprint density at radius 1 is 1.15 bits per heavy atom. The lowest BCUT2D eigenvalue weighted by atomic mass is 9.72. The molecule has 2 aliphatic rings. The average molecular weight is 308 g/mol. The second-order valence-electron chi connectivity index (χ2n) is 4.96. The summed E-state index contributed by atoms with van der Waals surface area (Å²) in [5.41, 5.74) is -5.52. The number of hydrogen-bond donors (Lipinski definition) is 0. The lowest BCUT2D eigenvalue weighted by Gasteiger charge is -2.36. The van der Waals surface area contributed by atoms with Gasteiger partial charge in [0.15, 0.2) is 0 Å². The first kappa shape index (κ1) is 15.1. The molecule has 3 unspecified atom stereocenters. The molecule has 0 N–H and O–H groups in total. The van der Waals surface area contributed by atoms with Gasteiger partial charge in [-0.3, -0.25) is 0 Å². The first-order valence-electron chi connectivity index (χ1n) is 6.14. The number of alkyl halides is 3. The second-order valence-corrected chi connectivity index (χ2v) is 6.55. The Balaban J connectivity index is 2.13. The molecule has 0 radical (unpaired) electrons. The third-order valence-corrected chi connectivity index (χ3v) is 4.64. The Labute approximate surface area is 114 Å². The van der Waals surface area contributed by atoms with E-state index in [1.54, 1.807) is 0 Å². The van der Waals surface area contributed by atoms with Crippen LogP contribution in [0.5, 0.6) is 0 Å². The molecule has 0 bridgehead atoms. The van der Waals surface area contributed by atoms with Gasteiger partial charge in [0, 0.05) is 0 Å². The van der Waals surface area contributed by atoms with E-state index < -0.39 is 27.3 Å². The number of hydrogen-bond acceptors (Lipinski definition) is 3. The topological polar surface area (TPSA) is 69.6 Å². The zero-order valence-corrected chi connectivity index (χ0v) is 11.2. The summed E-state index contributed by atoms with van der Waals surface area (Å²) in [4.78, 5) is 0. The van der Waals surface area contributed by atoms with Crippen molar-refractivity contribution >= 4 is 15.9 Å². The summed E-state index contributed by atoms with van der Waals surface area (Å²) in [6, 6.07) is 0. The van der Waals surface area contributed by atoms with Gasteiger partial charge in [0.2, 0.25) is 0 Å². The van der Waals surface area contributed by atoms with Gasteiger partial charge < -0.3 is 5.11 Å². The van der Waals surface area contributed by atoms with Crippen LogP contribution in [0.4, 0.5) is 13.2 Å². The number of nitrogens with zero attached hydrogens (tertiary/aromatic N) is 1. The largest absolute Gasteiger partial charge is 0.861 e. The first-order valence-corrected chi connectivity index (χ1v) is 7.58. The number of sulfonamides is 1. The molecule has 2 rings (SSSR count). The molecule has 0 spiro atoms. The van der Waals surface area contributed by atoms with Crippen molar-refractivity contribution in [3.63, 3.8) is 0 Å². The van der Waals surface area contributed by atoms with E-state index in [4.69, 9.17) is 0 Å². The molecule has 0 aromatic carbocycles.